The standard InChI is InChI=1S/C53H58BIN2O7Si/c1-6-16-35(29-36-30-45(55)50(58)47(31-36)62-5)23-28-46-48-37(34-63-65(53(2,3)4,41-19-12-8-13-20-41)42-21-14-9-15-22-42)32-43-49(44(48)33-54(61)64-46)52(60)57(51(43)59)40-26-24-39(25-27-40)56-38-17-10-7-11-18-38/h7-15,17-22,24-27,29-31,43-44,46,49,56,58,61H,6,16,23,28,32-34H2,1-5H3/b35-29+/t43-,44+,46-,49-/m1/s1. The Morgan fingerprint density at radius 2 is 1.49 bits per heavy atom. The van der Waals surface area contributed by atoms with Gasteiger partial charge in [0.15, 0.2) is 11.5 Å². The molecule has 4 atom stereocenters. The van der Waals surface area contributed by atoms with Crippen LogP contribution in [0.25, 0.3) is 6.08 Å². The van der Waals surface area contributed by atoms with E-state index < -0.39 is 39.3 Å². The van der Waals surface area contributed by atoms with E-state index >= 15 is 0 Å². The molecule has 2 saturated heterocycles. The Hall–Kier alpha value is -4.99. The van der Waals surface area contributed by atoms with Gasteiger partial charge in [-0.2, -0.15) is 0 Å². The third-order valence-corrected chi connectivity index (χ3v) is 19.1. The molecule has 0 unspecified atom stereocenters. The van der Waals surface area contributed by atoms with Gasteiger partial charge in [-0.3, -0.25) is 14.5 Å². The zero-order valence-corrected chi connectivity index (χ0v) is 41.0. The monoisotopic (exact) mass is 1000 g/mol. The fourth-order valence-corrected chi connectivity index (χ4v) is 15.6. The van der Waals surface area contributed by atoms with E-state index in [0.29, 0.717) is 34.3 Å². The summed E-state index contributed by atoms with van der Waals surface area (Å²) < 4.78 is 20.3. The molecule has 2 fully saturated rings. The molecular weight excluding hydrogens is 942 g/mol. The number of hydrogen-bond donors (Lipinski definition) is 3. The first-order chi connectivity index (χ1) is 31.3. The number of phenolic OH excluding ortho intramolecular Hbond substituents is 1. The van der Waals surface area contributed by atoms with Crippen LogP contribution in [0, 0.1) is 21.3 Å². The summed E-state index contributed by atoms with van der Waals surface area (Å²) in [5.74, 6) is -1.65. The van der Waals surface area contributed by atoms with Gasteiger partial charge < -0.3 is 29.3 Å². The number of allylic oxidation sites excluding steroid dienone is 1. The first-order valence-electron chi connectivity index (χ1n) is 22.7. The maximum absolute atomic E-state index is 14.9. The fraction of sp³-hybridized carbons (Fsp3) is 0.321. The highest BCUT2D eigenvalue weighted by atomic mass is 127. The van der Waals surface area contributed by atoms with Crippen molar-refractivity contribution in [2.75, 3.05) is 23.9 Å². The Kier molecular flexibility index (Phi) is 14.2. The average Bonchev–Trinajstić information content (AvgIpc) is 3.55. The molecule has 65 heavy (non-hydrogen) atoms. The zero-order chi connectivity index (χ0) is 45.9. The van der Waals surface area contributed by atoms with E-state index in [1.165, 1.54) is 10.5 Å². The van der Waals surface area contributed by atoms with E-state index in [0.717, 1.165) is 51.3 Å². The molecule has 2 aliphatic heterocycles. The number of methoxy groups -OCH3 is 1. The molecule has 1 aliphatic carbocycles. The number of carbonyl (C=O) groups excluding carboxylic acids is 2. The lowest BCUT2D eigenvalue weighted by molar-refractivity contribution is -0.122. The van der Waals surface area contributed by atoms with E-state index in [1.807, 2.05) is 78.9 Å². The van der Waals surface area contributed by atoms with Crippen molar-refractivity contribution in [1.82, 2.24) is 0 Å². The summed E-state index contributed by atoms with van der Waals surface area (Å²) in [5, 5.41) is 27.5. The van der Waals surface area contributed by atoms with E-state index in [1.54, 1.807) is 7.11 Å². The maximum Gasteiger partial charge on any atom is 0.455 e. The molecule has 5 aromatic rings. The number of aromatic hydroxyl groups is 1. The van der Waals surface area contributed by atoms with Gasteiger partial charge in [0.1, 0.15) is 0 Å². The van der Waals surface area contributed by atoms with Gasteiger partial charge in [0.25, 0.3) is 8.32 Å². The SMILES string of the molecule is CCC/C(=C\c1cc(I)c(O)c(OC)c1)CC[C@H]1OB(O)C[C@H]2C1=C(CO[Si](c1ccccc1)(c1ccccc1)C(C)(C)C)C[C@H]1C(=O)N(c3ccc(Nc4ccccc4)cc3)C(=O)[C@H]12. The van der Waals surface area contributed by atoms with Gasteiger partial charge in [0, 0.05) is 11.4 Å². The maximum atomic E-state index is 14.9. The lowest BCUT2D eigenvalue weighted by atomic mass is 9.58. The van der Waals surface area contributed by atoms with Gasteiger partial charge in [-0.15, -0.1) is 0 Å². The van der Waals surface area contributed by atoms with Gasteiger partial charge >= 0.3 is 7.12 Å². The molecule has 0 spiro atoms. The van der Waals surface area contributed by atoms with Gasteiger partial charge in [-0.25, -0.2) is 0 Å². The first kappa shape index (κ1) is 46.5. The number of anilines is 3. The number of phenols is 1. The number of halogens is 1. The smallest absolute Gasteiger partial charge is 0.455 e. The summed E-state index contributed by atoms with van der Waals surface area (Å²) in [4.78, 5) is 31.0. The van der Waals surface area contributed by atoms with E-state index in [9.17, 15) is 19.7 Å². The third-order valence-electron chi connectivity index (χ3n) is 13.3. The number of imide groups is 1. The molecule has 3 aliphatic rings. The molecule has 0 bridgehead atoms. The molecule has 3 N–H and O–H groups in total. The predicted octanol–water partition coefficient (Wildman–Crippen LogP) is 10.3. The summed E-state index contributed by atoms with van der Waals surface area (Å²) in [6.07, 6.45) is 5.18. The quantitative estimate of drug-likeness (QED) is 0.0411. The van der Waals surface area contributed by atoms with Crippen molar-refractivity contribution in [3.63, 3.8) is 0 Å². The summed E-state index contributed by atoms with van der Waals surface area (Å²) in [5.41, 5.74) is 6.38. The Balaban J connectivity index is 1.18. The van der Waals surface area contributed by atoms with Crippen molar-refractivity contribution >= 4 is 83.4 Å². The number of benzene rings is 5. The van der Waals surface area contributed by atoms with Crippen molar-refractivity contribution in [2.45, 2.75) is 77.3 Å². The number of ether oxygens (including phenoxy) is 1. The molecule has 8 rings (SSSR count). The van der Waals surface area contributed by atoms with Crippen molar-refractivity contribution in [3.05, 3.63) is 153 Å². The third kappa shape index (κ3) is 9.51. The van der Waals surface area contributed by atoms with Gasteiger partial charge in [-0.05, 0) is 141 Å². The highest BCUT2D eigenvalue weighted by Gasteiger charge is 2.58. The molecule has 0 radical (unpaired) electrons. The van der Waals surface area contributed by atoms with Crippen molar-refractivity contribution < 1.29 is 33.5 Å². The first-order valence-corrected chi connectivity index (χ1v) is 25.7. The second kappa shape index (κ2) is 19.9. The minimum atomic E-state index is -3.03. The number of hydrogen-bond acceptors (Lipinski definition) is 8. The van der Waals surface area contributed by atoms with E-state index in [-0.39, 0.29) is 35.5 Å². The molecule has 336 valence electrons. The molecule has 5 aromatic carbocycles. The Morgan fingerprint density at radius 3 is 2.09 bits per heavy atom. The van der Waals surface area contributed by atoms with Crippen LogP contribution in [-0.2, 0) is 18.7 Å². The normalized spacial score (nSPS) is 20.2. The summed E-state index contributed by atoms with van der Waals surface area (Å²) in [6, 6.07) is 42.1. The number of para-hydroxylation sites is 1. The number of amides is 2. The number of nitrogens with zero attached hydrogens (tertiary/aromatic N) is 1. The second-order valence-electron chi connectivity index (χ2n) is 18.5. The van der Waals surface area contributed by atoms with Gasteiger partial charge in [-0.1, -0.05) is 125 Å². The van der Waals surface area contributed by atoms with Crippen molar-refractivity contribution in [3.8, 4) is 11.5 Å². The van der Waals surface area contributed by atoms with Crippen LogP contribution in [0.2, 0.25) is 11.4 Å². The van der Waals surface area contributed by atoms with Crippen LogP contribution in [0.3, 0.4) is 0 Å². The van der Waals surface area contributed by atoms with Gasteiger partial charge in [0.05, 0.1) is 40.9 Å². The van der Waals surface area contributed by atoms with E-state index in [2.05, 4.69) is 110 Å². The fourth-order valence-electron chi connectivity index (χ4n) is 10.5. The molecule has 0 saturated carbocycles. The van der Waals surface area contributed by atoms with Crippen LogP contribution in [-0.4, -0.2) is 57.2 Å². The Morgan fingerprint density at radius 1 is 0.877 bits per heavy atom. The lowest BCUT2D eigenvalue weighted by Crippen LogP contribution is -2.66. The second-order valence-corrected chi connectivity index (χ2v) is 23.9. The summed E-state index contributed by atoms with van der Waals surface area (Å²) >= 11 is 2.12. The highest BCUT2D eigenvalue weighted by Crippen LogP contribution is 2.52. The van der Waals surface area contributed by atoms with E-state index in [4.69, 9.17) is 13.8 Å². The molecule has 12 heteroatoms. The van der Waals surface area contributed by atoms with Crippen LogP contribution < -0.4 is 25.3 Å². The Labute approximate surface area is 398 Å². The number of carbonyl (C=O) groups is 2. The van der Waals surface area contributed by atoms with Crippen LogP contribution in [0.4, 0.5) is 17.1 Å². The number of rotatable bonds is 15. The van der Waals surface area contributed by atoms with Gasteiger partial charge in [0.2, 0.25) is 11.8 Å². The van der Waals surface area contributed by atoms with Crippen LogP contribution in [0.5, 0.6) is 11.5 Å². The minimum Gasteiger partial charge on any atom is -0.504 e. The number of nitrogens with one attached hydrogen (secondary N) is 1. The predicted molar refractivity (Wildman–Crippen MR) is 271 cm³/mol. The molecular formula is C53H58BIN2O7Si. The van der Waals surface area contributed by atoms with Crippen LogP contribution in [0.15, 0.2) is 144 Å². The largest absolute Gasteiger partial charge is 0.504 e. The zero-order valence-electron chi connectivity index (χ0n) is 37.8. The van der Waals surface area contributed by atoms with Crippen molar-refractivity contribution in [1.29, 1.82) is 0 Å². The molecule has 2 amide bonds. The lowest BCUT2D eigenvalue weighted by Gasteiger charge is -2.46. The molecule has 0 aromatic heterocycles. The van der Waals surface area contributed by atoms with Crippen LogP contribution in [0.1, 0.15) is 65.4 Å². The topological polar surface area (TPSA) is 118 Å². The van der Waals surface area contributed by atoms with Crippen molar-refractivity contribution in [2.24, 2.45) is 17.8 Å². The highest BCUT2D eigenvalue weighted by molar-refractivity contribution is 14.1. The van der Waals surface area contributed by atoms with Crippen LogP contribution >= 0.6 is 22.6 Å². The molecule has 9 nitrogen and oxygen atoms in total. The summed E-state index contributed by atoms with van der Waals surface area (Å²) in [7, 11) is -2.60. The minimum absolute atomic E-state index is 0.115. The average molecular weight is 1000 g/mol. The number of fused-ring (bicyclic) bond motifs is 3. The summed E-state index contributed by atoms with van der Waals surface area (Å²) in [6.45, 7) is 9.16. The molecule has 2 heterocycles. The Bertz CT molecular complexity index is 2510.